The van der Waals surface area contributed by atoms with Crippen molar-refractivity contribution in [3.63, 3.8) is 0 Å². The minimum absolute atomic E-state index is 0.0821. The zero-order valence-electron chi connectivity index (χ0n) is 14.2. The van der Waals surface area contributed by atoms with Crippen LogP contribution in [-0.4, -0.2) is 58.8 Å². The van der Waals surface area contributed by atoms with Gasteiger partial charge in [0.2, 0.25) is 0 Å². The lowest BCUT2D eigenvalue weighted by Gasteiger charge is -2.41. The zero-order valence-corrected chi connectivity index (χ0v) is 14.2. The van der Waals surface area contributed by atoms with Gasteiger partial charge in [-0.05, 0) is 38.5 Å². The number of benzene rings is 1. The average Bonchev–Trinajstić information content (AvgIpc) is 2.46. The SMILES string of the molecule is CC(C)(C)OC(=O)N1CCN(Cc2cccc(O)c2)C(CN)C1. The van der Waals surface area contributed by atoms with Crippen molar-refractivity contribution in [2.45, 2.75) is 39.0 Å². The molecule has 1 unspecified atom stereocenters. The highest BCUT2D eigenvalue weighted by Gasteiger charge is 2.31. The van der Waals surface area contributed by atoms with E-state index in [4.69, 9.17) is 10.5 Å². The molecule has 128 valence electrons. The Labute approximate surface area is 137 Å². The molecule has 0 saturated carbocycles. The van der Waals surface area contributed by atoms with Gasteiger partial charge in [-0.1, -0.05) is 12.1 Å². The van der Waals surface area contributed by atoms with E-state index in [0.29, 0.717) is 26.2 Å². The Morgan fingerprint density at radius 2 is 2.13 bits per heavy atom. The first kappa shape index (κ1) is 17.6. The third kappa shape index (κ3) is 5.11. The number of phenols is 1. The van der Waals surface area contributed by atoms with Crippen molar-refractivity contribution in [3.8, 4) is 5.75 Å². The van der Waals surface area contributed by atoms with Gasteiger partial charge in [-0.15, -0.1) is 0 Å². The maximum absolute atomic E-state index is 12.2. The molecule has 1 atom stereocenters. The van der Waals surface area contributed by atoms with Gasteiger partial charge in [0, 0.05) is 38.8 Å². The van der Waals surface area contributed by atoms with Crippen LogP contribution in [0.15, 0.2) is 24.3 Å². The highest BCUT2D eigenvalue weighted by Crippen LogP contribution is 2.18. The molecule has 0 bridgehead atoms. The van der Waals surface area contributed by atoms with E-state index in [1.54, 1.807) is 17.0 Å². The van der Waals surface area contributed by atoms with Crippen molar-refractivity contribution in [1.29, 1.82) is 0 Å². The summed E-state index contributed by atoms with van der Waals surface area (Å²) in [6, 6.07) is 7.31. The first-order valence-corrected chi connectivity index (χ1v) is 7.98. The summed E-state index contributed by atoms with van der Waals surface area (Å²) < 4.78 is 5.43. The summed E-state index contributed by atoms with van der Waals surface area (Å²) in [6.45, 7) is 8.68. The third-order valence-electron chi connectivity index (χ3n) is 3.82. The smallest absolute Gasteiger partial charge is 0.410 e. The number of piperazine rings is 1. The molecule has 1 aromatic carbocycles. The van der Waals surface area contributed by atoms with Crippen LogP contribution in [0.2, 0.25) is 0 Å². The lowest BCUT2D eigenvalue weighted by Crippen LogP contribution is -2.57. The van der Waals surface area contributed by atoms with Gasteiger partial charge in [-0.25, -0.2) is 4.79 Å². The Hall–Kier alpha value is -1.79. The summed E-state index contributed by atoms with van der Waals surface area (Å²) in [5, 5.41) is 9.58. The van der Waals surface area contributed by atoms with Gasteiger partial charge in [0.25, 0.3) is 0 Å². The predicted octanol–water partition coefficient (Wildman–Crippen LogP) is 1.77. The molecule has 23 heavy (non-hydrogen) atoms. The molecule has 0 radical (unpaired) electrons. The zero-order chi connectivity index (χ0) is 17.0. The summed E-state index contributed by atoms with van der Waals surface area (Å²) in [5.74, 6) is 0.263. The number of aromatic hydroxyl groups is 1. The molecule has 6 nitrogen and oxygen atoms in total. The summed E-state index contributed by atoms with van der Waals surface area (Å²) in [7, 11) is 0. The average molecular weight is 321 g/mol. The van der Waals surface area contributed by atoms with E-state index in [-0.39, 0.29) is 17.9 Å². The molecule has 6 heteroatoms. The van der Waals surface area contributed by atoms with E-state index < -0.39 is 5.60 Å². The molecular formula is C17H27N3O3. The molecule has 1 aliphatic rings. The molecule has 1 amide bonds. The van der Waals surface area contributed by atoms with E-state index in [2.05, 4.69) is 4.90 Å². The van der Waals surface area contributed by atoms with Crippen molar-refractivity contribution >= 4 is 6.09 Å². The maximum Gasteiger partial charge on any atom is 0.410 e. The second-order valence-electron chi connectivity index (χ2n) is 6.96. The van der Waals surface area contributed by atoms with E-state index >= 15 is 0 Å². The molecule has 1 saturated heterocycles. The minimum atomic E-state index is -0.492. The van der Waals surface area contributed by atoms with Crippen LogP contribution >= 0.6 is 0 Å². The van der Waals surface area contributed by atoms with Gasteiger partial charge in [0.15, 0.2) is 0 Å². The van der Waals surface area contributed by atoms with Crippen molar-refractivity contribution in [2.75, 3.05) is 26.2 Å². The number of nitrogens with zero attached hydrogens (tertiary/aromatic N) is 2. The van der Waals surface area contributed by atoms with Gasteiger partial charge in [0.1, 0.15) is 11.4 Å². The summed E-state index contributed by atoms with van der Waals surface area (Å²) in [6.07, 6.45) is -0.284. The fourth-order valence-corrected chi connectivity index (χ4v) is 2.71. The fourth-order valence-electron chi connectivity index (χ4n) is 2.71. The van der Waals surface area contributed by atoms with E-state index in [9.17, 15) is 9.90 Å². The van der Waals surface area contributed by atoms with Crippen LogP contribution in [0.25, 0.3) is 0 Å². The normalized spacial score (nSPS) is 19.7. The summed E-state index contributed by atoms with van der Waals surface area (Å²) in [4.78, 5) is 16.2. The number of amides is 1. The van der Waals surface area contributed by atoms with Crippen molar-refractivity contribution in [1.82, 2.24) is 9.80 Å². The topological polar surface area (TPSA) is 79.0 Å². The molecule has 0 aliphatic carbocycles. The maximum atomic E-state index is 12.2. The number of phenolic OH excluding ortho intramolecular Hbond substituents is 1. The lowest BCUT2D eigenvalue weighted by atomic mass is 10.1. The first-order valence-electron chi connectivity index (χ1n) is 7.98. The molecule has 1 aliphatic heterocycles. The van der Waals surface area contributed by atoms with Gasteiger partial charge in [0.05, 0.1) is 0 Å². The largest absolute Gasteiger partial charge is 0.508 e. The number of carbonyl (C=O) groups is 1. The molecule has 1 heterocycles. The number of ether oxygens (including phenoxy) is 1. The summed E-state index contributed by atoms with van der Waals surface area (Å²) >= 11 is 0. The molecule has 3 N–H and O–H groups in total. The molecule has 0 aromatic heterocycles. The van der Waals surface area contributed by atoms with Crippen LogP contribution in [-0.2, 0) is 11.3 Å². The molecule has 1 fully saturated rings. The Morgan fingerprint density at radius 1 is 1.39 bits per heavy atom. The Bertz CT molecular complexity index is 542. The van der Waals surface area contributed by atoms with Gasteiger partial charge >= 0.3 is 6.09 Å². The lowest BCUT2D eigenvalue weighted by molar-refractivity contribution is 0.00353. The second-order valence-corrected chi connectivity index (χ2v) is 6.96. The van der Waals surface area contributed by atoms with Crippen LogP contribution in [0, 0.1) is 0 Å². The number of hydrogen-bond donors (Lipinski definition) is 2. The van der Waals surface area contributed by atoms with Crippen LogP contribution in [0.5, 0.6) is 5.75 Å². The quantitative estimate of drug-likeness (QED) is 0.887. The minimum Gasteiger partial charge on any atom is -0.508 e. The highest BCUT2D eigenvalue weighted by molar-refractivity contribution is 5.68. The van der Waals surface area contributed by atoms with Gasteiger partial charge < -0.3 is 20.5 Å². The number of nitrogens with two attached hydrogens (primary N) is 1. The summed E-state index contributed by atoms with van der Waals surface area (Å²) in [5.41, 5.74) is 6.44. The monoisotopic (exact) mass is 321 g/mol. The standard InChI is InChI=1S/C17H27N3O3/c1-17(2,3)23-16(22)20-8-7-19(14(10-18)12-20)11-13-5-4-6-15(21)9-13/h4-6,9,14,21H,7-8,10-12,18H2,1-3H3. The van der Waals surface area contributed by atoms with E-state index in [1.807, 2.05) is 32.9 Å². The Kier molecular flexibility index (Phi) is 5.49. The number of hydrogen-bond acceptors (Lipinski definition) is 5. The van der Waals surface area contributed by atoms with Crippen molar-refractivity contribution < 1.29 is 14.6 Å². The fraction of sp³-hybridized carbons (Fsp3) is 0.588. The molecule has 1 aromatic rings. The van der Waals surface area contributed by atoms with Crippen LogP contribution in [0.4, 0.5) is 4.79 Å². The van der Waals surface area contributed by atoms with Gasteiger partial charge in [-0.3, -0.25) is 4.90 Å². The highest BCUT2D eigenvalue weighted by atomic mass is 16.6. The van der Waals surface area contributed by atoms with Crippen molar-refractivity contribution in [2.24, 2.45) is 5.73 Å². The van der Waals surface area contributed by atoms with Crippen LogP contribution < -0.4 is 5.73 Å². The molecular weight excluding hydrogens is 294 g/mol. The first-order chi connectivity index (χ1) is 10.8. The number of carbonyl (C=O) groups excluding carboxylic acids is 1. The molecule has 0 spiro atoms. The van der Waals surface area contributed by atoms with Crippen LogP contribution in [0.3, 0.4) is 0 Å². The molecule has 2 rings (SSSR count). The number of rotatable bonds is 3. The van der Waals surface area contributed by atoms with Crippen LogP contribution in [0.1, 0.15) is 26.3 Å². The second kappa shape index (κ2) is 7.19. The van der Waals surface area contributed by atoms with E-state index in [1.165, 1.54) is 0 Å². The van der Waals surface area contributed by atoms with Crippen molar-refractivity contribution in [3.05, 3.63) is 29.8 Å². The predicted molar refractivity (Wildman–Crippen MR) is 89.2 cm³/mol. The third-order valence-corrected chi connectivity index (χ3v) is 3.82. The Balaban J connectivity index is 1.97. The Morgan fingerprint density at radius 3 is 2.74 bits per heavy atom. The van der Waals surface area contributed by atoms with E-state index in [0.717, 1.165) is 12.1 Å². The van der Waals surface area contributed by atoms with Gasteiger partial charge in [-0.2, -0.15) is 0 Å².